The minimum Gasteiger partial charge on any atom is -0.465 e. The van der Waals surface area contributed by atoms with Gasteiger partial charge in [0.25, 0.3) is 0 Å². The van der Waals surface area contributed by atoms with Crippen molar-refractivity contribution in [3.63, 3.8) is 0 Å². The lowest BCUT2D eigenvalue weighted by molar-refractivity contribution is -0.144. The number of nitrogens with zero attached hydrogens (tertiary/aromatic N) is 6. The lowest BCUT2D eigenvalue weighted by Crippen LogP contribution is -2.27. The van der Waals surface area contributed by atoms with Crippen LogP contribution in [0.5, 0.6) is 0 Å². The van der Waals surface area contributed by atoms with Crippen LogP contribution in [0.3, 0.4) is 0 Å². The van der Waals surface area contributed by atoms with Gasteiger partial charge in [-0.1, -0.05) is 38.0 Å². The van der Waals surface area contributed by atoms with Gasteiger partial charge in [0, 0.05) is 61.6 Å². The molecule has 1 saturated carbocycles. The Hall–Kier alpha value is -2.36. The Kier molecular flexibility index (Phi) is 23.3. The quantitative estimate of drug-likeness (QED) is 0.0339. The highest BCUT2D eigenvalue weighted by Crippen LogP contribution is 2.53. The van der Waals surface area contributed by atoms with Gasteiger partial charge in [-0.15, -0.1) is 5.10 Å². The maximum absolute atomic E-state index is 12.2. The van der Waals surface area contributed by atoms with Crippen molar-refractivity contribution in [1.82, 2.24) is 15.0 Å². The molecule has 5 atom stereocenters. The zero-order valence-electron chi connectivity index (χ0n) is 32.5. The Balaban J connectivity index is 0.000000526. The van der Waals surface area contributed by atoms with Crippen molar-refractivity contribution < 1.29 is 38.7 Å². The average Bonchev–Trinajstić information content (AvgIpc) is 3.75. The monoisotopic (exact) mass is 740 g/mol. The third kappa shape index (κ3) is 17.6. The molecule has 3 rings (SSSR count). The van der Waals surface area contributed by atoms with Crippen molar-refractivity contribution in [1.29, 1.82) is 0 Å². The molecule has 2 aliphatic carbocycles. The molecule has 2 aliphatic rings. The van der Waals surface area contributed by atoms with E-state index in [4.69, 9.17) is 40.1 Å². The summed E-state index contributed by atoms with van der Waals surface area (Å²) in [6, 6.07) is 0. The molecular formula is C37H69N7O8. The number of esters is 1. The van der Waals surface area contributed by atoms with E-state index < -0.39 is 0 Å². The minimum absolute atomic E-state index is 0.120. The third-order valence-corrected chi connectivity index (χ3v) is 10.5. The molecule has 1 aromatic rings. The molecule has 4 N–H and O–H groups in total. The molecule has 1 heterocycles. The van der Waals surface area contributed by atoms with Gasteiger partial charge < -0.3 is 39.6 Å². The summed E-state index contributed by atoms with van der Waals surface area (Å²) in [4.78, 5) is 14.8. The second-order valence-corrected chi connectivity index (χ2v) is 14.9. The van der Waals surface area contributed by atoms with E-state index in [-0.39, 0.29) is 30.0 Å². The lowest BCUT2D eigenvalue weighted by atomic mass is 9.90. The number of rotatable bonds is 29. The number of carbonyl (C=O) groups excluding carboxylic acids is 1. The summed E-state index contributed by atoms with van der Waals surface area (Å²) in [5.74, 6) is 1.47. The van der Waals surface area contributed by atoms with Gasteiger partial charge in [0.15, 0.2) is 0 Å². The number of aryl methyl sites for hydroxylation is 2. The molecule has 0 bridgehead atoms. The van der Waals surface area contributed by atoms with E-state index in [1.807, 2.05) is 13.8 Å². The zero-order valence-corrected chi connectivity index (χ0v) is 32.5. The van der Waals surface area contributed by atoms with Crippen LogP contribution >= 0.6 is 0 Å². The van der Waals surface area contributed by atoms with Crippen LogP contribution in [0.2, 0.25) is 0 Å². The Morgan fingerprint density at radius 3 is 2.17 bits per heavy atom. The first-order valence-electron chi connectivity index (χ1n) is 19.5. The van der Waals surface area contributed by atoms with E-state index in [0.717, 1.165) is 70.0 Å². The number of nitrogens with two attached hydrogens (primary N) is 1. The molecule has 2 unspecified atom stereocenters. The first kappa shape index (κ1) is 45.8. The van der Waals surface area contributed by atoms with Crippen molar-refractivity contribution in [3.05, 3.63) is 21.8 Å². The molecule has 52 heavy (non-hydrogen) atoms. The van der Waals surface area contributed by atoms with Crippen LogP contribution in [-0.4, -0.2) is 117 Å². The van der Waals surface area contributed by atoms with E-state index in [0.29, 0.717) is 103 Å². The molecule has 15 nitrogen and oxygen atoms in total. The van der Waals surface area contributed by atoms with Crippen molar-refractivity contribution in [2.45, 2.75) is 105 Å². The van der Waals surface area contributed by atoms with Crippen molar-refractivity contribution in [3.8, 4) is 0 Å². The van der Waals surface area contributed by atoms with Crippen LogP contribution < -0.4 is 5.73 Å². The van der Waals surface area contributed by atoms with Crippen LogP contribution in [0.4, 0.5) is 0 Å². The molecule has 0 spiro atoms. The van der Waals surface area contributed by atoms with Gasteiger partial charge in [0.1, 0.15) is 0 Å². The van der Waals surface area contributed by atoms with Crippen LogP contribution in [0.25, 0.3) is 10.4 Å². The highest BCUT2D eigenvalue weighted by atomic mass is 16.5. The standard InChI is InChI=1S/C27H48N4O6.C10H21N3O2/c1-3-27(2,19-32)20-36-12-5-4-11-31-25-17-22-21(8-9-24(25)29-30-31)23(22)18-37-26(33)7-6-13-34-15-16-35-14-10-28;1-3-10(2,8-14)9-15-7-5-4-6-12-13-11/h21-23,32H,3-20,28H2,1-2H3;14H,3-9H2,1-2H3/t21-,22+,23-,27?;/m0./s1. The van der Waals surface area contributed by atoms with Gasteiger partial charge in [-0.3, -0.25) is 4.79 Å². The van der Waals surface area contributed by atoms with Gasteiger partial charge in [-0.2, -0.15) is 0 Å². The molecule has 0 amide bonds. The number of azide groups is 1. The van der Waals surface area contributed by atoms with Crippen molar-refractivity contribution in [2.75, 3.05) is 85.8 Å². The molecule has 300 valence electrons. The van der Waals surface area contributed by atoms with E-state index in [1.165, 1.54) is 5.69 Å². The lowest BCUT2D eigenvalue weighted by Gasteiger charge is -2.25. The van der Waals surface area contributed by atoms with Crippen LogP contribution in [0, 0.1) is 28.6 Å². The first-order valence-corrected chi connectivity index (χ1v) is 19.5. The molecule has 0 aromatic carbocycles. The highest BCUT2D eigenvalue weighted by Gasteiger charge is 2.52. The Bertz CT molecular complexity index is 1140. The maximum Gasteiger partial charge on any atom is 0.305 e. The first-order chi connectivity index (χ1) is 25.2. The predicted molar refractivity (Wildman–Crippen MR) is 198 cm³/mol. The molecule has 1 fully saturated rings. The normalized spacial score (nSPS) is 19.9. The molecule has 0 aliphatic heterocycles. The van der Waals surface area contributed by atoms with Crippen LogP contribution in [0.1, 0.15) is 96.9 Å². The molecule has 1 aromatic heterocycles. The van der Waals surface area contributed by atoms with E-state index in [2.05, 4.69) is 38.9 Å². The topological polar surface area (TPSA) is 209 Å². The maximum atomic E-state index is 12.2. The van der Waals surface area contributed by atoms with Gasteiger partial charge in [0.05, 0.1) is 64.2 Å². The van der Waals surface area contributed by atoms with Crippen LogP contribution in [-0.2, 0) is 47.9 Å². The van der Waals surface area contributed by atoms with E-state index in [9.17, 15) is 9.90 Å². The average molecular weight is 740 g/mol. The fourth-order valence-corrected chi connectivity index (χ4v) is 6.03. The van der Waals surface area contributed by atoms with Crippen molar-refractivity contribution >= 4 is 5.97 Å². The Morgan fingerprint density at radius 2 is 1.56 bits per heavy atom. The SMILES string of the molecule is CCC(C)(CO)COCCCCN=[N+]=[N-].CCC(C)(CO)COCCCCn1nnc2c1C[C@@H]1[C@H](CC2)[C@@H]1COC(=O)CCCOCCOCCN. The fourth-order valence-electron chi connectivity index (χ4n) is 6.03. The third-order valence-electron chi connectivity index (χ3n) is 10.5. The summed E-state index contributed by atoms with van der Waals surface area (Å²) in [6.45, 7) is 15.5. The smallest absolute Gasteiger partial charge is 0.305 e. The summed E-state index contributed by atoms with van der Waals surface area (Å²) < 4.78 is 29.7. The number of hydrogen-bond donors (Lipinski definition) is 3. The number of hydrogen-bond acceptors (Lipinski definition) is 12. The molecular weight excluding hydrogens is 670 g/mol. The minimum atomic E-state index is -0.149. The highest BCUT2D eigenvalue weighted by molar-refractivity contribution is 5.69. The van der Waals surface area contributed by atoms with Gasteiger partial charge in [-0.05, 0) is 87.5 Å². The largest absolute Gasteiger partial charge is 0.465 e. The number of aromatic nitrogens is 3. The van der Waals surface area contributed by atoms with E-state index in [1.54, 1.807) is 0 Å². The number of unbranched alkanes of at least 4 members (excludes halogenated alkanes) is 2. The second-order valence-electron chi connectivity index (χ2n) is 14.9. The number of carbonyl (C=O) groups is 1. The van der Waals surface area contributed by atoms with Gasteiger partial charge in [-0.25, -0.2) is 4.68 Å². The summed E-state index contributed by atoms with van der Waals surface area (Å²) >= 11 is 0. The summed E-state index contributed by atoms with van der Waals surface area (Å²) in [7, 11) is 0. The van der Waals surface area contributed by atoms with Crippen LogP contribution in [0.15, 0.2) is 5.11 Å². The van der Waals surface area contributed by atoms with E-state index >= 15 is 0 Å². The summed E-state index contributed by atoms with van der Waals surface area (Å²) in [5.41, 5.74) is 15.5. The van der Waals surface area contributed by atoms with Crippen molar-refractivity contribution in [2.24, 2.45) is 39.4 Å². The Labute approximate surface area is 311 Å². The number of fused-ring (bicyclic) bond motifs is 2. The zero-order chi connectivity index (χ0) is 38.1. The fraction of sp³-hybridized carbons (Fsp3) is 0.919. The molecule has 0 saturated heterocycles. The number of aliphatic hydroxyl groups excluding tert-OH is 2. The van der Waals surface area contributed by atoms with Gasteiger partial charge >= 0.3 is 5.97 Å². The second kappa shape index (κ2) is 26.4. The Morgan fingerprint density at radius 1 is 0.923 bits per heavy atom. The number of aliphatic hydroxyl groups is 2. The summed E-state index contributed by atoms with van der Waals surface area (Å²) in [5, 5.41) is 30.9. The predicted octanol–water partition coefficient (Wildman–Crippen LogP) is 4.65. The number of ether oxygens (including phenoxy) is 5. The summed E-state index contributed by atoms with van der Waals surface area (Å²) in [6.07, 6.45) is 9.55. The molecule has 0 radical (unpaired) electrons. The molecule has 15 heteroatoms. The van der Waals surface area contributed by atoms with Gasteiger partial charge in [0.2, 0.25) is 0 Å².